The van der Waals surface area contributed by atoms with Crippen molar-refractivity contribution in [1.82, 2.24) is 5.43 Å². The molecule has 118 valence electrons. The first-order valence-electron chi connectivity index (χ1n) is 8.33. The minimum atomic E-state index is 0.145. The van der Waals surface area contributed by atoms with E-state index in [0.717, 1.165) is 26.1 Å². The summed E-state index contributed by atoms with van der Waals surface area (Å²) < 4.78 is 12.1. The number of nitrogens with two attached hydrogens (primary N) is 1. The molecule has 0 aromatic carbocycles. The van der Waals surface area contributed by atoms with Crippen LogP contribution in [-0.4, -0.2) is 31.0 Å². The van der Waals surface area contributed by atoms with E-state index >= 15 is 0 Å². The van der Waals surface area contributed by atoms with E-state index in [-0.39, 0.29) is 17.7 Å². The van der Waals surface area contributed by atoms with Crippen molar-refractivity contribution in [3.8, 4) is 0 Å². The van der Waals surface area contributed by atoms with E-state index in [1.54, 1.807) is 0 Å². The maximum absolute atomic E-state index is 6.14. The van der Waals surface area contributed by atoms with Crippen LogP contribution in [0.4, 0.5) is 0 Å². The Hall–Kier alpha value is -0.160. The van der Waals surface area contributed by atoms with E-state index in [2.05, 4.69) is 26.2 Å². The molecular weight excluding hydrogens is 252 g/mol. The molecule has 2 aliphatic rings. The van der Waals surface area contributed by atoms with Crippen molar-refractivity contribution in [2.45, 2.75) is 77.0 Å². The molecule has 20 heavy (non-hydrogen) atoms. The third kappa shape index (κ3) is 3.53. The first-order chi connectivity index (χ1) is 9.62. The third-order valence-corrected chi connectivity index (χ3v) is 5.12. The number of hydrogen-bond acceptors (Lipinski definition) is 4. The van der Waals surface area contributed by atoms with Crippen LogP contribution >= 0.6 is 0 Å². The first kappa shape index (κ1) is 16.2. The van der Waals surface area contributed by atoms with E-state index in [4.69, 9.17) is 15.3 Å². The van der Waals surface area contributed by atoms with Gasteiger partial charge in [-0.25, -0.2) is 0 Å². The summed E-state index contributed by atoms with van der Waals surface area (Å²) >= 11 is 0. The zero-order valence-electron chi connectivity index (χ0n) is 13.4. The molecule has 0 radical (unpaired) electrons. The smallest absolute Gasteiger partial charge is 0.0766 e. The molecule has 1 heterocycles. The molecule has 1 aliphatic heterocycles. The fourth-order valence-electron chi connectivity index (χ4n) is 4.14. The summed E-state index contributed by atoms with van der Waals surface area (Å²) in [5.74, 6) is 6.92. The van der Waals surface area contributed by atoms with Crippen LogP contribution < -0.4 is 11.3 Å². The van der Waals surface area contributed by atoms with E-state index in [9.17, 15) is 0 Å². The SMILES string of the molecule is CCOC(C(C)C)C(NN)C1CCOC2(CCCC2)C1. The fourth-order valence-corrected chi connectivity index (χ4v) is 4.14. The minimum absolute atomic E-state index is 0.145. The molecular formula is C16H32N2O2. The Bertz CT molecular complexity index is 290. The Morgan fingerprint density at radius 1 is 1.35 bits per heavy atom. The molecule has 3 atom stereocenters. The lowest BCUT2D eigenvalue weighted by Gasteiger charge is -2.43. The molecule has 0 aromatic heterocycles. The average molecular weight is 284 g/mol. The van der Waals surface area contributed by atoms with Gasteiger partial charge >= 0.3 is 0 Å². The van der Waals surface area contributed by atoms with Crippen LogP contribution in [0.15, 0.2) is 0 Å². The topological polar surface area (TPSA) is 56.5 Å². The van der Waals surface area contributed by atoms with Crippen LogP contribution in [0.5, 0.6) is 0 Å². The molecule has 2 rings (SSSR count). The Morgan fingerprint density at radius 3 is 2.60 bits per heavy atom. The van der Waals surface area contributed by atoms with Crippen LogP contribution in [0.3, 0.4) is 0 Å². The van der Waals surface area contributed by atoms with Crippen molar-refractivity contribution >= 4 is 0 Å². The molecule has 4 heteroatoms. The highest BCUT2D eigenvalue weighted by Crippen LogP contribution is 2.43. The van der Waals surface area contributed by atoms with Crippen LogP contribution in [0.1, 0.15) is 59.3 Å². The van der Waals surface area contributed by atoms with Gasteiger partial charge in [0.2, 0.25) is 0 Å². The van der Waals surface area contributed by atoms with E-state index < -0.39 is 0 Å². The lowest BCUT2D eigenvalue weighted by molar-refractivity contribution is -0.112. The predicted molar refractivity (Wildman–Crippen MR) is 81.2 cm³/mol. The van der Waals surface area contributed by atoms with E-state index in [1.807, 2.05) is 0 Å². The molecule has 1 aliphatic carbocycles. The number of rotatable bonds is 6. The van der Waals surface area contributed by atoms with Crippen molar-refractivity contribution in [1.29, 1.82) is 0 Å². The van der Waals surface area contributed by atoms with Crippen molar-refractivity contribution in [3.63, 3.8) is 0 Å². The molecule has 4 nitrogen and oxygen atoms in total. The van der Waals surface area contributed by atoms with Crippen molar-refractivity contribution in [2.75, 3.05) is 13.2 Å². The fraction of sp³-hybridized carbons (Fsp3) is 1.00. The second-order valence-electron chi connectivity index (χ2n) is 6.85. The molecule has 0 amide bonds. The van der Waals surface area contributed by atoms with E-state index in [0.29, 0.717) is 11.8 Å². The lowest BCUT2D eigenvalue weighted by atomic mass is 9.77. The first-order valence-corrected chi connectivity index (χ1v) is 8.33. The molecule has 3 N–H and O–H groups in total. The Kier molecular flexibility index (Phi) is 5.84. The maximum Gasteiger partial charge on any atom is 0.0766 e. The van der Waals surface area contributed by atoms with Gasteiger partial charge in [-0.1, -0.05) is 26.7 Å². The quantitative estimate of drug-likeness (QED) is 0.581. The maximum atomic E-state index is 6.14. The van der Waals surface area contributed by atoms with Gasteiger partial charge in [-0.05, 0) is 44.4 Å². The predicted octanol–water partition coefficient (Wildman–Crippen LogP) is 2.62. The molecule has 1 saturated heterocycles. The monoisotopic (exact) mass is 284 g/mol. The number of ether oxygens (including phenoxy) is 2. The summed E-state index contributed by atoms with van der Waals surface area (Å²) in [4.78, 5) is 0. The van der Waals surface area contributed by atoms with Gasteiger partial charge in [0.05, 0.1) is 17.7 Å². The minimum Gasteiger partial charge on any atom is -0.377 e. The van der Waals surface area contributed by atoms with Crippen LogP contribution in [0.2, 0.25) is 0 Å². The highest BCUT2D eigenvalue weighted by molar-refractivity contribution is 4.96. The van der Waals surface area contributed by atoms with Crippen molar-refractivity contribution in [2.24, 2.45) is 17.7 Å². The van der Waals surface area contributed by atoms with Gasteiger partial charge in [-0.2, -0.15) is 0 Å². The molecule has 1 saturated carbocycles. The van der Waals surface area contributed by atoms with Gasteiger partial charge < -0.3 is 9.47 Å². The Morgan fingerprint density at radius 2 is 2.05 bits per heavy atom. The van der Waals surface area contributed by atoms with Gasteiger partial charge in [0.15, 0.2) is 0 Å². The molecule has 0 bridgehead atoms. The lowest BCUT2D eigenvalue weighted by Crippen LogP contribution is -2.55. The molecule has 1 spiro atoms. The molecule has 3 unspecified atom stereocenters. The standard InChI is InChI=1S/C16H32N2O2/c1-4-19-15(12(2)3)14(18-17)13-7-10-20-16(11-13)8-5-6-9-16/h12-15,18H,4-11,17H2,1-3H3. The van der Waals surface area contributed by atoms with Gasteiger partial charge in [-0.15, -0.1) is 0 Å². The number of nitrogens with one attached hydrogen (secondary N) is 1. The average Bonchev–Trinajstić information content (AvgIpc) is 2.86. The number of hydrogen-bond donors (Lipinski definition) is 2. The Labute approximate surface area is 123 Å². The summed E-state index contributed by atoms with van der Waals surface area (Å²) in [5.41, 5.74) is 3.21. The second-order valence-corrected chi connectivity index (χ2v) is 6.85. The van der Waals surface area contributed by atoms with Crippen molar-refractivity contribution < 1.29 is 9.47 Å². The highest BCUT2D eigenvalue weighted by atomic mass is 16.5. The van der Waals surface area contributed by atoms with E-state index in [1.165, 1.54) is 25.7 Å². The van der Waals surface area contributed by atoms with Crippen LogP contribution in [0.25, 0.3) is 0 Å². The van der Waals surface area contributed by atoms with Crippen molar-refractivity contribution in [3.05, 3.63) is 0 Å². The largest absolute Gasteiger partial charge is 0.377 e. The molecule has 2 fully saturated rings. The van der Waals surface area contributed by atoms with Gasteiger partial charge in [-0.3, -0.25) is 11.3 Å². The summed E-state index contributed by atoms with van der Waals surface area (Å²) in [7, 11) is 0. The summed E-state index contributed by atoms with van der Waals surface area (Å²) in [6.45, 7) is 8.12. The summed E-state index contributed by atoms with van der Waals surface area (Å²) in [6.07, 6.45) is 7.49. The Balaban J connectivity index is 2.05. The zero-order chi connectivity index (χ0) is 14.6. The van der Waals surface area contributed by atoms with Crippen LogP contribution in [-0.2, 0) is 9.47 Å². The van der Waals surface area contributed by atoms with Gasteiger partial charge in [0.1, 0.15) is 0 Å². The third-order valence-electron chi connectivity index (χ3n) is 5.12. The van der Waals surface area contributed by atoms with Gasteiger partial charge in [0.25, 0.3) is 0 Å². The van der Waals surface area contributed by atoms with Gasteiger partial charge in [0, 0.05) is 13.2 Å². The summed E-state index contributed by atoms with van der Waals surface area (Å²) in [5, 5.41) is 0. The zero-order valence-corrected chi connectivity index (χ0v) is 13.4. The molecule has 0 aromatic rings. The second kappa shape index (κ2) is 7.21. The highest BCUT2D eigenvalue weighted by Gasteiger charge is 2.43. The van der Waals surface area contributed by atoms with Crippen LogP contribution in [0, 0.1) is 11.8 Å². The number of hydrazine groups is 1. The summed E-state index contributed by atoms with van der Waals surface area (Å²) in [6, 6.07) is 0.233. The normalized spacial score (nSPS) is 28.9.